The zero-order valence-corrected chi connectivity index (χ0v) is 11.4. The van der Waals surface area contributed by atoms with E-state index in [0.717, 1.165) is 6.42 Å². The molecule has 18 heavy (non-hydrogen) atoms. The minimum absolute atomic E-state index is 0.00713. The van der Waals surface area contributed by atoms with E-state index in [1.54, 1.807) is 4.90 Å². The molecule has 2 heterocycles. The SMILES string of the molecule is CC1CC(C(=O)N2CCCC(S(N)(=O)=O)C2)CO1. The fraction of sp³-hybridized carbons (Fsp3) is 0.909. The van der Waals surface area contributed by atoms with Crippen LogP contribution in [-0.2, 0) is 19.6 Å². The first-order chi connectivity index (χ1) is 8.38. The molecule has 104 valence electrons. The van der Waals surface area contributed by atoms with Crippen molar-refractivity contribution < 1.29 is 17.9 Å². The summed E-state index contributed by atoms with van der Waals surface area (Å²) in [6, 6.07) is 0. The molecule has 0 aromatic rings. The highest BCUT2D eigenvalue weighted by molar-refractivity contribution is 7.89. The Morgan fingerprint density at radius 1 is 1.44 bits per heavy atom. The molecule has 0 radical (unpaired) electrons. The van der Waals surface area contributed by atoms with E-state index in [1.807, 2.05) is 6.92 Å². The second-order valence-corrected chi connectivity index (χ2v) is 7.06. The van der Waals surface area contributed by atoms with Crippen molar-refractivity contribution in [2.24, 2.45) is 11.1 Å². The van der Waals surface area contributed by atoms with Gasteiger partial charge in [-0.05, 0) is 26.2 Å². The summed E-state index contributed by atoms with van der Waals surface area (Å²) in [5.74, 6) is -0.119. The van der Waals surface area contributed by atoms with Gasteiger partial charge >= 0.3 is 0 Å². The number of carbonyl (C=O) groups is 1. The molecule has 2 N–H and O–H groups in total. The van der Waals surface area contributed by atoms with Crippen molar-refractivity contribution in [3.8, 4) is 0 Å². The Hall–Kier alpha value is -0.660. The van der Waals surface area contributed by atoms with Gasteiger partial charge in [-0.25, -0.2) is 13.6 Å². The molecule has 0 saturated carbocycles. The van der Waals surface area contributed by atoms with Gasteiger partial charge in [-0.15, -0.1) is 0 Å². The van der Waals surface area contributed by atoms with E-state index in [1.165, 1.54) is 0 Å². The van der Waals surface area contributed by atoms with Crippen LogP contribution >= 0.6 is 0 Å². The van der Waals surface area contributed by atoms with Crippen LogP contribution in [0.25, 0.3) is 0 Å². The van der Waals surface area contributed by atoms with Gasteiger partial charge in [-0.2, -0.15) is 0 Å². The largest absolute Gasteiger partial charge is 0.378 e. The van der Waals surface area contributed by atoms with Crippen molar-refractivity contribution in [1.82, 2.24) is 4.90 Å². The van der Waals surface area contributed by atoms with E-state index in [9.17, 15) is 13.2 Å². The maximum atomic E-state index is 12.2. The van der Waals surface area contributed by atoms with E-state index in [0.29, 0.717) is 26.0 Å². The fourth-order valence-electron chi connectivity index (χ4n) is 2.65. The highest BCUT2D eigenvalue weighted by Gasteiger charge is 2.36. The van der Waals surface area contributed by atoms with Crippen LogP contribution in [0.2, 0.25) is 0 Å². The minimum atomic E-state index is -3.55. The number of nitrogens with two attached hydrogens (primary N) is 1. The van der Waals surface area contributed by atoms with E-state index in [2.05, 4.69) is 0 Å². The molecule has 0 aromatic heterocycles. The molecule has 0 aliphatic carbocycles. The topological polar surface area (TPSA) is 89.7 Å². The minimum Gasteiger partial charge on any atom is -0.378 e. The van der Waals surface area contributed by atoms with E-state index < -0.39 is 15.3 Å². The van der Waals surface area contributed by atoms with Gasteiger partial charge in [0.1, 0.15) is 0 Å². The van der Waals surface area contributed by atoms with Gasteiger partial charge in [0.05, 0.1) is 23.9 Å². The molecule has 2 aliphatic heterocycles. The van der Waals surface area contributed by atoms with Gasteiger partial charge in [-0.3, -0.25) is 4.79 Å². The average molecular weight is 276 g/mol. The van der Waals surface area contributed by atoms with Crippen LogP contribution in [0.15, 0.2) is 0 Å². The van der Waals surface area contributed by atoms with Gasteiger partial charge in [0.25, 0.3) is 0 Å². The molecular weight excluding hydrogens is 256 g/mol. The smallest absolute Gasteiger partial charge is 0.228 e. The van der Waals surface area contributed by atoms with Crippen LogP contribution < -0.4 is 5.14 Å². The highest BCUT2D eigenvalue weighted by Crippen LogP contribution is 2.24. The summed E-state index contributed by atoms with van der Waals surface area (Å²) in [6.45, 7) is 3.23. The maximum absolute atomic E-state index is 12.2. The number of piperidine rings is 1. The Labute approximate surface area is 108 Å². The van der Waals surface area contributed by atoms with E-state index >= 15 is 0 Å². The molecule has 0 spiro atoms. The molecule has 2 saturated heterocycles. The third kappa shape index (κ3) is 3.02. The first kappa shape index (κ1) is 13.8. The molecule has 2 fully saturated rings. The van der Waals surface area contributed by atoms with Gasteiger partial charge in [-0.1, -0.05) is 0 Å². The molecule has 1 amide bonds. The molecule has 3 atom stereocenters. The van der Waals surface area contributed by atoms with E-state index in [-0.39, 0.29) is 24.5 Å². The second-order valence-electron chi connectivity index (χ2n) is 5.21. The van der Waals surface area contributed by atoms with E-state index in [4.69, 9.17) is 9.88 Å². The second kappa shape index (κ2) is 5.14. The normalized spacial score (nSPS) is 33.7. The van der Waals surface area contributed by atoms with Crippen LogP contribution in [0.3, 0.4) is 0 Å². The molecule has 0 aromatic carbocycles. The zero-order valence-electron chi connectivity index (χ0n) is 10.5. The van der Waals surface area contributed by atoms with Gasteiger partial charge < -0.3 is 9.64 Å². The summed E-state index contributed by atoms with van der Waals surface area (Å²) in [7, 11) is -3.55. The number of carbonyl (C=O) groups excluding carboxylic acids is 1. The van der Waals surface area contributed by atoms with Crippen molar-refractivity contribution in [1.29, 1.82) is 0 Å². The number of hydrogen-bond acceptors (Lipinski definition) is 4. The Morgan fingerprint density at radius 3 is 2.72 bits per heavy atom. The summed E-state index contributed by atoms with van der Waals surface area (Å²) >= 11 is 0. The fourth-order valence-corrected chi connectivity index (χ4v) is 3.54. The summed E-state index contributed by atoms with van der Waals surface area (Å²) in [6.07, 6.45) is 2.06. The predicted molar refractivity (Wildman–Crippen MR) is 66.2 cm³/mol. The maximum Gasteiger partial charge on any atom is 0.228 e. The van der Waals surface area contributed by atoms with Gasteiger partial charge in [0, 0.05) is 13.1 Å². The quantitative estimate of drug-likeness (QED) is 0.749. The molecule has 2 rings (SSSR count). The molecule has 3 unspecified atom stereocenters. The summed E-state index contributed by atoms with van der Waals surface area (Å²) in [4.78, 5) is 13.9. The Bertz CT molecular complexity index is 423. The lowest BCUT2D eigenvalue weighted by Crippen LogP contribution is -2.48. The number of hydrogen-bond donors (Lipinski definition) is 1. The summed E-state index contributed by atoms with van der Waals surface area (Å²) in [5, 5.41) is 4.54. The molecule has 6 nitrogen and oxygen atoms in total. The van der Waals surface area contributed by atoms with Crippen LogP contribution in [0.1, 0.15) is 26.2 Å². The van der Waals surface area contributed by atoms with Crippen LogP contribution in [0.5, 0.6) is 0 Å². The molecule has 0 bridgehead atoms. The van der Waals surface area contributed by atoms with Crippen LogP contribution in [0, 0.1) is 5.92 Å². The standard InChI is InChI=1S/C11H20N2O4S/c1-8-5-9(7-17-8)11(14)13-4-2-3-10(6-13)18(12,15)16/h8-10H,2-7H2,1H3,(H2,12,15,16). The lowest BCUT2D eigenvalue weighted by atomic mass is 10.0. The average Bonchev–Trinajstić information content (AvgIpc) is 2.74. The van der Waals surface area contributed by atoms with Crippen molar-refractivity contribution in [3.05, 3.63) is 0 Å². The highest BCUT2D eigenvalue weighted by atomic mass is 32.2. The predicted octanol–water partition coefficient (Wildman–Crippen LogP) is -0.309. The van der Waals surface area contributed by atoms with Gasteiger partial charge in [0.15, 0.2) is 0 Å². The van der Waals surface area contributed by atoms with Crippen LogP contribution in [0.4, 0.5) is 0 Å². The first-order valence-corrected chi connectivity index (χ1v) is 7.91. The van der Waals surface area contributed by atoms with Crippen molar-refractivity contribution in [3.63, 3.8) is 0 Å². The van der Waals surface area contributed by atoms with Crippen LogP contribution in [-0.4, -0.2) is 50.3 Å². The number of ether oxygens (including phenoxy) is 1. The summed E-state index contributed by atoms with van der Waals surface area (Å²) in [5.41, 5.74) is 0. The first-order valence-electron chi connectivity index (χ1n) is 6.30. The zero-order chi connectivity index (χ0) is 13.3. The molecule has 7 heteroatoms. The van der Waals surface area contributed by atoms with Crippen molar-refractivity contribution in [2.75, 3.05) is 19.7 Å². The Kier molecular flexibility index (Phi) is 3.93. The molecule has 2 aliphatic rings. The summed E-state index contributed by atoms with van der Waals surface area (Å²) < 4.78 is 28.1. The lowest BCUT2D eigenvalue weighted by molar-refractivity contribution is -0.136. The number of likely N-dealkylation sites (tertiary alicyclic amines) is 1. The third-order valence-electron chi connectivity index (χ3n) is 3.70. The number of primary sulfonamides is 1. The third-order valence-corrected chi connectivity index (χ3v) is 5.02. The van der Waals surface area contributed by atoms with Gasteiger partial charge in [0.2, 0.25) is 15.9 Å². The van der Waals surface area contributed by atoms with Crippen molar-refractivity contribution in [2.45, 2.75) is 37.5 Å². The van der Waals surface area contributed by atoms with Crippen molar-refractivity contribution >= 4 is 15.9 Å². The number of sulfonamides is 1. The lowest BCUT2D eigenvalue weighted by Gasteiger charge is -2.33. The monoisotopic (exact) mass is 276 g/mol. The Balaban J connectivity index is 1.98. The number of rotatable bonds is 2. The number of amides is 1. The molecular formula is C11H20N2O4S. The number of nitrogens with zero attached hydrogens (tertiary/aromatic N) is 1. The Morgan fingerprint density at radius 2 is 2.17 bits per heavy atom.